The van der Waals surface area contributed by atoms with Crippen molar-refractivity contribution in [2.45, 2.75) is 6.54 Å². The first-order chi connectivity index (χ1) is 4.33. The molecule has 9 heavy (non-hydrogen) atoms. The zero-order chi connectivity index (χ0) is 6.69. The maximum atomic E-state index is 3.99. The second-order valence-corrected chi connectivity index (χ2v) is 2.97. The van der Waals surface area contributed by atoms with Crippen LogP contribution in [0.5, 0.6) is 0 Å². The Hall–Kier alpha value is 0.1000. The van der Waals surface area contributed by atoms with Crippen molar-refractivity contribution in [1.29, 1.82) is 0 Å². The third-order valence-corrected chi connectivity index (χ3v) is 1.54. The van der Waals surface area contributed by atoms with Gasteiger partial charge in [-0.15, -0.1) is 5.10 Å². The third kappa shape index (κ3) is 2.06. The molecule has 0 atom stereocenters. The van der Waals surface area contributed by atoms with Crippen LogP contribution < -0.4 is 0 Å². The van der Waals surface area contributed by atoms with Crippen LogP contribution in [0.4, 0.5) is 0 Å². The molecule has 1 heterocycles. The summed E-state index contributed by atoms with van der Waals surface area (Å²) in [5.74, 6) is 0. The number of nitrogens with zero attached hydrogens (tertiary/aromatic N) is 3. The molecule has 1 aromatic heterocycles. The molecular weight excluding hydrogens is 250 g/mol. The Kier molecular flexibility index (Phi) is 2.65. The molecule has 0 bridgehead atoms. The van der Waals surface area contributed by atoms with Crippen molar-refractivity contribution in [2.75, 3.05) is 5.33 Å². The van der Waals surface area contributed by atoms with Gasteiger partial charge in [-0.1, -0.05) is 15.9 Å². The average Bonchev–Trinajstić information content (AvgIpc) is 2.17. The van der Waals surface area contributed by atoms with Gasteiger partial charge < -0.3 is 0 Å². The summed E-state index contributed by atoms with van der Waals surface area (Å²) < 4.78 is 2.40. The SMILES string of the molecule is BrCCn1cnc(Br)n1. The maximum absolute atomic E-state index is 3.99. The Morgan fingerprint density at radius 3 is 2.89 bits per heavy atom. The van der Waals surface area contributed by atoms with Crippen LogP contribution in [0.15, 0.2) is 11.1 Å². The molecule has 3 nitrogen and oxygen atoms in total. The van der Waals surface area contributed by atoms with E-state index in [9.17, 15) is 0 Å². The molecule has 0 saturated carbocycles. The molecule has 0 aliphatic carbocycles. The Morgan fingerprint density at radius 2 is 2.44 bits per heavy atom. The molecule has 0 fully saturated rings. The molecule has 0 aliphatic heterocycles. The van der Waals surface area contributed by atoms with Crippen LogP contribution in [0, 0.1) is 0 Å². The monoisotopic (exact) mass is 253 g/mol. The first kappa shape index (κ1) is 7.21. The molecule has 0 aromatic carbocycles. The molecule has 5 heteroatoms. The standard InChI is InChI=1S/C4H5Br2N3/c5-1-2-9-3-7-4(6)8-9/h3H,1-2H2. The molecule has 50 valence electrons. The zero-order valence-electron chi connectivity index (χ0n) is 4.59. The van der Waals surface area contributed by atoms with Crippen molar-refractivity contribution >= 4 is 31.9 Å². The van der Waals surface area contributed by atoms with Gasteiger partial charge in [-0.25, -0.2) is 4.98 Å². The quantitative estimate of drug-likeness (QED) is 0.748. The number of halogens is 2. The van der Waals surface area contributed by atoms with Crippen molar-refractivity contribution in [3.05, 3.63) is 11.1 Å². The summed E-state index contributed by atoms with van der Waals surface area (Å²) >= 11 is 6.44. The van der Waals surface area contributed by atoms with Crippen LogP contribution >= 0.6 is 31.9 Å². The van der Waals surface area contributed by atoms with Gasteiger partial charge in [0.15, 0.2) is 0 Å². The topological polar surface area (TPSA) is 30.7 Å². The molecule has 0 spiro atoms. The molecule has 0 unspecified atom stereocenters. The Bertz CT molecular complexity index is 186. The number of aryl methyl sites for hydroxylation is 1. The van der Waals surface area contributed by atoms with Gasteiger partial charge in [0.05, 0.1) is 6.54 Å². The highest BCUT2D eigenvalue weighted by Crippen LogP contribution is 1.98. The predicted octanol–water partition coefficient (Wildman–Crippen LogP) is 1.44. The summed E-state index contributed by atoms with van der Waals surface area (Å²) in [5.41, 5.74) is 0. The molecule has 0 N–H and O–H groups in total. The largest absolute Gasteiger partial charge is 0.251 e. The van der Waals surface area contributed by atoms with Crippen LogP contribution in [0.1, 0.15) is 0 Å². The minimum atomic E-state index is 0.642. The molecular formula is C4H5Br2N3. The molecule has 0 amide bonds. The van der Waals surface area contributed by atoms with Gasteiger partial charge in [0.1, 0.15) is 6.33 Å². The van der Waals surface area contributed by atoms with E-state index in [1.165, 1.54) is 0 Å². The van der Waals surface area contributed by atoms with Crippen LogP contribution in [0.3, 0.4) is 0 Å². The fourth-order valence-electron chi connectivity index (χ4n) is 0.466. The molecule has 0 saturated heterocycles. The van der Waals surface area contributed by atoms with Crippen molar-refractivity contribution in [2.24, 2.45) is 0 Å². The van der Waals surface area contributed by atoms with E-state index in [0.29, 0.717) is 4.73 Å². The average molecular weight is 255 g/mol. The smallest absolute Gasteiger partial charge is 0.217 e. The fourth-order valence-corrected chi connectivity index (χ4v) is 1.12. The van der Waals surface area contributed by atoms with Crippen LogP contribution in [-0.2, 0) is 6.54 Å². The highest BCUT2D eigenvalue weighted by Gasteiger charge is 1.92. The molecule has 0 aliphatic rings. The van der Waals surface area contributed by atoms with Gasteiger partial charge in [-0.3, -0.25) is 4.68 Å². The number of rotatable bonds is 2. The summed E-state index contributed by atoms with van der Waals surface area (Å²) in [6.07, 6.45) is 1.69. The molecule has 1 rings (SSSR count). The van der Waals surface area contributed by atoms with Gasteiger partial charge in [0, 0.05) is 5.33 Å². The second-order valence-electron chi connectivity index (χ2n) is 1.47. The van der Waals surface area contributed by atoms with E-state index in [1.807, 2.05) is 0 Å². The first-order valence-corrected chi connectivity index (χ1v) is 4.35. The molecule has 0 radical (unpaired) electrons. The third-order valence-electron chi connectivity index (χ3n) is 0.822. The van der Waals surface area contributed by atoms with Gasteiger partial charge in [-0.2, -0.15) is 0 Å². The maximum Gasteiger partial charge on any atom is 0.217 e. The number of hydrogen-bond acceptors (Lipinski definition) is 2. The lowest BCUT2D eigenvalue weighted by atomic mass is 10.8. The number of aromatic nitrogens is 3. The van der Waals surface area contributed by atoms with Gasteiger partial charge in [-0.05, 0) is 15.9 Å². The normalized spacial score (nSPS) is 10.0. The summed E-state index contributed by atoms with van der Waals surface area (Å²) in [4.78, 5) is 3.88. The van der Waals surface area contributed by atoms with E-state index in [2.05, 4.69) is 41.9 Å². The lowest BCUT2D eigenvalue weighted by Gasteiger charge is -1.90. The summed E-state index contributed by atoms with van der Waals surface area (Å²) in [6, 6.07) is 0. The number of hydrogen-bond donors (Lipinski definition) is 0. The van der Waals surface area contributed by atoms with E-state index in [4.69, 9.17) is 0 Å². The Morgan fingerprint density at radius 1 is 1.67 bits per heavy atom. The van der Waals surface area contributed by atoms with Crippen LogP contribution in [0.2, 0.25) is 0 Å². The van der Waals surface area contributed by atoms with Crippen LogP contribution in [-0.4, -0.2) is 20.1 Å². The zero-order valence-corrected chi connectivity index (χ0v) is 7.76. The second kappa shape index (κ2) is 3.31. The lowest BCUT2D eigenvalue weighted by molar-refractivity contribution is 0.663. The summed E-state index contributed by atoms with van der Waals surface area (Å²) in [5, 5.41) is 4.90. The lowest BCUT2D eigenvalue weighted by Crippen LogP contribution is -1.98. The van der Waals surface area contributed by atoms with E-state index in [1.54, 1.807) is 11.0 Å². The minimum absolute atomic E-state index is 0.642. The Labute approximate surface area is 69.7 Å². The molecule has 1 aromatic rings. The van der Waals surface area contributed by atoms with Gasteiger partial charge >= 0.3 is 0 Å². The van der Waals surface area contributed by atoms with Crippen molar-refractivity contribution < 1.29 is 0 Å². The van der Waals surface area contributed by atoms with E-state index in [0.717, 1.165) is 11.9 Å². The predicted molar refractivity (Wildman–Crippen MR) is 41.5 cm³/mol. The number of alkyl halides is 1. The van der Waals surface area contributed by atoms with E-state index in [-0.39, 0.29) is 0 Å². The van der Waals surface area contributed by atoms with Gasteiger partial charge in [0.25, 0.3) is 0 Å². The van der Waals surface area contributed by atoms with Gasteiger partial charge in [0.2, 0.25) is 4.73 Å². The summed E-state index contributed by atoms with van der Waals surface area (Å²) in [7, 11) is 0. The highest BCUT2D eigenvalue weighted by atomic mass is 79.9. The van der Waals surface area contributed by atoms with E-state index >= 15 is 0 Å². The van der Waals surface area contributed by atoms with Crippen molar-refractivity contribution in [3.8, 4) is 0 Å². The van der Waals surface area contributed by atoms with E-state index < -0.39 is 0 Å². The Balaban J connectivity index is 2.61. The highest BCUT2D eigenvalue weighted by molar-refractivity contribution is 9.10. The van der Waals surface area contributed by atoms with Crippen molar-refractivity contribution in [3.63, 3.8) is 0 Å². The first-order valence-electron chi connectivity index (χ1n) is 2.44. The van der Waals surface area contributed by atoms with Crippen LogP contribution in [0.25, 0.3) is 0 Å². The fraction of sp³-hybridized carbons (Fsp3) is 0.500. The minimum Gasteiger partial charge on any atom is -0.251 e. The summed E-state index contributed by atoms with van der Waals surface area (Å²) in [6.45, 7) is 0.860. The van der Waals surface area contributed by atoms with Crippen molar-refractivity contribution in [1.82, 2.24) is 14.8 Å².